The third kappa shape index (κ3) is 6.22. The Labute approximate surface area is 153 Å². The fourth-order valence-electron chi connectivity index (χ4n) is 4.22. The largest absolute Gasteiger partial charge is 0.379 e. The summed E-state index contributed by atoms with van der Waals surface area (Å²) in [5.74, 6) is 0.329. The predicted molar refractivity (Wildman–Crippen MR) is 98.6 cm³/mol. The number of ether oxygens (including phenoxy) is 3. The van der Waals surface area contributed by atoms with E-state index in [2.05, 4.69) is 32.6 Å². The number of fused-ring (bicyclic) bond motifs is 2. The molecule has 0 saturated carbocycles. The van der Waals surface area contributed by atoms with E-state index in [-0.39, 0.29) is 0 Å². The lowest BCUT2D eigenvalue weighted by molar-refractivity contribution is -0.139. The zero-order chi connectivity index (χ0) is 18.4. The molecule has 3 unspecified atom stereocenters. The molecule has 5 heteroatoms. The van der Waals surface area contributed by atoms with E-state index in [1.807, 2.05) is 6.92 Å². The van der Waals surface area contributed by atoms with Gasteiger partial charge in [-0.3, -0.25) is 4.79 Å². The second kappa shape index (κ2) is 9.89. The van der Waals surface area contributed by atoms with Crippen LogP contribution >= 0.6 is 0 Å². The van der Waals surface area contributed by atoms with Gasteiger partial charge >= 0.3 is 0 Å². The van der Waals surface area contributed by atoms with Crippen molar-refractivity contribution in [2.75, 3.05) is 13.2 Å². The van der Waals surface area contributed by atoms with Gasteiger partial charge in [0.1, 0.15) is 0 Å². The van der Waals surface area contributed by atoms with Crippen LogP contribution in [0.5, 0.6) is 0 Å². The molecule has 3 saturated heterocycles. The molecule has 3 fully saturated rings. The minimum atomic E-state index is 0.304. The molecule has 0 spiro atoms. The van der Waals surface area contributed by atoms with Gasteiger partial charge in [-0.05, 0) is 59.8 Å². The molecule has 3 aliphatic heterocycles. The van der Waals surface area contributed by atoms with Crippen molar-refractivity contribution in [3.63, 3.8) is 0 Å². The van der Waals surface area contributed by atoms with Gasteiger partial charge in [0.15, 0.2) is 0 Å². The first-order valence-electron chi connectivity index (χ1n) is 10.1. The van der Waals surface area contributed by atoms with E-state index >= 15 is 0 Å². The molecule has 3 atom stereocenters. The molecule has 5 nitrogen and oxygen atoms in total. The molecular formula is C20H37NO4. The molecule has 0 N–H and O–H groups in total. The van der Waals surface area contributed by atoms with Crippen LogP contribution in [0.4, 0.5) is 0 Å². The lowest BCUT2D eigenvalue weighted by Gasteiger charge is -2.39. The van der Waals surface area contributed by atoms with Gasteiger partial charge in [-0.15, -0.1) is 0 Å². The number of nitrogens with zero attached hydrogens (tertiary/aromatic N) is 1. The van der Waals surface area contributed by atoms with Crippen molar-refractivity contribution in [3.05, 3.63) is 0 Å². The van der Waals surface area contributed by atoms with Crippen molar-refractivity contribution in [3.8, 4) is 0 Å². The van der Waals surface area contributed by atoms with E-state index in [9.17, 15) is 4.79 Å². The highest BCUT2D eigenvalue weighted by Crippen LogP contribution is 2.37. The smallest absolute Gasteiger partial charge is 0.222 e. The summed E-state index contributed by atoms with van der Waals surface area (Å²) in [6.45, 7) is 11.9. The summed E-state index contributed by atoms with van der Waals surface area (Å²) in [4.78, 5) is 14.0. The third-order valence-corrected chi connectivity index (χ3v) is 5.10. The van der Waals surface area contributed by atoms with Crippen LogP contribution in [-0.4, -0.2) is 60.5 Å². The van der Waals surface area contributed by atoms with Gasteiger partial charge < -0.3 is 19.1 Å². The average molecular weight is 356 g/mol. The first-order chi connectivity index (χ1) is 11.9. The van der Waals surface area contributed by atoms with E-state index < -0.39 is 0 Å². The Hall–Kier alpha value is -0.650. The second-order valence-electron chi connectivity index (χ2n) is 7.99. The highest BCUT2D eigenvalue weighted by molar-refractivity contribution is 5.77. The van der Waals surface area contributed by atoms with Crippen molar-refractivity contribution in [2.45, 2.75) is 110 Å². The maximum atomic E-state index is 11.8. The predicted octanol–water partition coefficient (Wildman–Crippen LogP) is 3.54. The van der Waals surface area contributed by atoms with Crippen molar-refractivity contribution in [2.24, 2.45) is 0 Å². The van der Waals surface area contributed by atoms with E-state index in [1.54, 1.807) is 0 Å². The number of hydrogen-bond acceptors (Lipinski definition) is 4. The molecule has 1 amide bonds. The van der Waals surface area contributed by atoms with Crippen LogP contribution in [0.15, 0.2) is 0 Å². The SMILES string of the molecule is CC(C)OC1CCOC1.CCC(=O)N1C2CCC1CC(OC(C)C)C2. The average Bonchev–Trinajstić information content (AvgIpc) is 3.12. The molecule has 3 heterocycles. The van der Waals surface area contributed by atoms with Crippen LogP contribution in [0.3, 0.4) is 0 Å². The van der Waals surface area contributed by atoms with Crippen LogP contribution < -0.4 is 0 Å². The number of carbonyl (C=O) groups is 1. The molecule has 3 aliphatic rings. The molecule has 0 aromatic carbocycles. The summed E-state index contributed by atoms with van der Waals surface area (Å²) in [7, 11) is 0. The van der Waals surface area contributed by atoms with E-state index in [4.69, 9.17) is 14.2 Å². The van der Waals surface area contributed by atoms with Crippen LogP contribution in [0.1, 0.15) is 73.1 Å². The normalized spacial score (nSPS) is 31.4. The van der Waals surface area contributed by atoms with E-state index in [0.29, 0.717) is 48.8 Å². The summed E-state index contributed by atoms with van der Waals surface area (Å²) < 4.78 is 16.5. The van der Waals surface area contributed by atoms with Gasteiger partial charge in [0.05, 0.1) is 31.0 Å². The highest BCUT2D eigenvalue weighted by Gasteiger charge is 2.43. The maximum Gasteiger partial charge on any atom is 0.222 e. The molecular weight excluding hydrogens is 318 g/mol. The number of rotatable bonds is 5. The van der Waals surface area contributed by atoms with Gasteiger partial charge in [0.2, 0.25) is 5.91 Å². The zero-order valence-electron chi connectivity index (χ0n) is 16.7. The fraction of sp³-hybridized carbons (Fsp3) is 0.950. The van der Waals surface area contributed by atoms with Crippen molar-refractivity contribution in [1.82, 2.24) is 4.90 Å². The molecule has 0 radical (unpaired) electrons. The highest BCUT2D eigenvalue weighted by atomic mass is 16.5. The Morgan fingerprint density at radius 1 is 1.00 bits per heavy atom. The first kappa shape index (κ1) is 20.7. The van der Waals surface area contributed by atoms with Gasteiger partial charge in [0, 0.05) is 25.1 Å². The second-order valence-corrected chi connectivity index (χ2v) is 7.99. The monoisotopic (exact) mass is 355 g/mol. The van der Waals surface area contributed by atoms with Crippen molar-refractivity contribution < 1.29 is 19.0 Å². The summed E-state index contributed by atoms with van der Waals surface area (Å²) >= 11 is 0. The van der Waals surface area contributed by atoms with Gasteiger partial charge in [-0.25, -0.2) is 0 Å². The number of carbonyl (C=O) groups excluding carboxylic acids is 1. The van der Waals surface area contributed by atoms with E-state index in [0.717, 1.165) is 32.5 Å². The van der Waals surface area contributed by atoms with Gasteiger partial charge in [0.25, 0.3) is 0 Å². The van der Waals surface area contributed by atoms with E-state index in [1.165, 1.54) is 12.8 Å². The Bertz CT molecular complexity index is 393. The van der Waals surface area contributed by atoms with Crippen LogP contribution in [0, 0.1) is 0 Å². The lowest BCUT2D eigenvalue weighted by atomic mass is 9.99. The number of hydrogen-bond donors (Lipinski definition) is 0. The molecule has 0 aromatic rings. The number of amides is 1. The first-order valence-corrected chi connectivity index (χ1v) is 10.1. The lowest BCUT2D eigenvalue weighted by Crippen LogP contribution is -2.48. The van der Waals surface area contributed by atoms with Crippen molar-refractivity contribution >= 4 is 5.91 Å². The Balaban J connectivity index is 0.000000212. The molecule has 25 heavy (non-hydrogen) atoms. The summed E-state index contributed by atoms with van der Waals surface area (Å²) in [5, 5.41) is 0. The van der Waals surface area contributed by atoms with Gasteiger partial charge in [-0.1, -0.05) is 6.92 Å². The maximum absolute atomic E-state index is 11.8. The molecule has 0 aliphatic carbocycles. The van der Waals surface area contributed by atoms with Crippen LogP contribution in [0.25, 0.3) is 0 Å². The molecule has 3 rings (SSSR count). The topological polar surface area (TPSA) is 48.0 Å². The fourth-order valence-corrected chi connectivity index (χ4v) is 4.22. The summed E-state index contributed by atoms with van der Waals surface area (Å²) in [5.41, 5.74) is 0. The Morgan fingerprint density at radius 3 is 2.00 bits per heavy atom. The minimum Gasteiger partial charge on any atom is -0.379 e. The standard InChI is InChI=1S/C13H23NO2.C7H14O2/c1-4-13(15)14-10-5-6-11(14)8-12(7-10)16-9(2)3;1-6(2)9-7-3-4-8-5-7/h9-12H,4-8H2,1-3H3;6-7H,3-5H2,1-2H3. The van der Waals surface area contributed by atoms with Crippen LogP contribution in [0.2, 0.25) is 0 Å². The third-order valence-electron chi connectivity index (χ3n) is 5.10. The quantitative estimate of drug-likeness (QED) is 0.757. The number of piperidine rings is 1. The molecule has 146 valence electrons. The zero-order valence-corrected chi connectivity index (χ0v) is 16.7. The molecule has 0 aromatic heterocycles. The molecule has 2 bridgehead atoms. The van der Waals surface area contributed by atoms with Crippen molar-refractivity contribution in [1.29, 1.82) is 0 Å². The summed E-state index contributed by atoms with van der Waals surface area (Å²) in [6.07, 6.45) is 7.53. The Kier molecular flexibility index (Phi) is 8.17. The minimum absolute atomic E-state index is 0.304. The van der Waals surface area contributed by atoms with Crippen LogP contribution in [-0.2, 0) is 19.0 Å². The summed E-state index contributed by atoms with van der Waals surface area (Å²) in [6, 6.07) is 0.907. The Morgan fingerprint density at radius 2 is 1.56 bits per heavy atom. The van der Waals surface area contributed by atoms with Gasteiger partial charge in [-0.2, -0.15) is 0 Å².